The zero-order valence-electron chi connectivity index (χ0n) is 12.4. The van der Waals surface area contributed by atoms with Crippen molar-refractivity contribution < 1.29 is 4.39 Å². The van der Waals surface area contributed by atoms with Crippen molar-refractivity contribution in [2.45, 2.75) is 37.1 Å². The van der Waals surface area contributed by atoms with E-state index in [9.17, 15) is 4.39 Å². The number of halogens is 1. The Kier molecular flexibility index (Phi) is 4.20. The predicted molar refractivity (Wildman–Crippen MR) is 88.6 cm³/mol. The normalized spacial score (nSPS) is 17.6. The molecule has 1 atom stereocenters. The van der Waals surface area contributed by atoms with Gasteiger partial charge in [0.15, 0.2) is 0 Å². The summed E-state index contributed by atoms with van der Waals surface area (Å²) in [5.74, 6) is 1.40. The van der Waals surface area contributed by atoms with Gasteiger partial charge in [0.25, 0.3) is 0 Å². The van der Waals surface area contributed by atoms with E-state index in [0.29, 0.717) is 5.92 Å². The van der Waals surface area contributed by atoms with Gasteiger partial charge in [0.1, 0.15) is 5.82 Å². The molecule has 0 amide bonds. The van der Waals surface area contributed by atoms with Crippen molar-refractivity contribution in [3.63, 3.8) is 0 Å². The van der Waals surface area contributed by atoms with E-state index in [2.05, 4.69) is 43.4 Å². The van der Waals surface area contributed by atoms with Crippen LogP contribution in [0.15, 0.2) is 47.4 Å². The Morgan fingerprint density at radius 3 is 2.62 bits per heavy atom. The van der Waals surface area contributed by atoms with Crippen LogP contribution in [0.5, 0.6) is 0 Å². The molecule has 0 aromatic heterocycles. The largest absolute Gasteiger partial charge is 0.378 e. The summed E-state index contributed by atoms with van der Waals surface area (Å²) in [4.78, 5) is 0.806. The molecule has 0 bridgehead atoms. The quantitative estimate of drug-likeness (QED) is 0.792. The molecule has 0 fully saturated rings. The van der Waals surface area contributed by atoms with E-state index >= 15 is 0 Å². The summed E-state index contributed by atoms with van der Waals surface area (Å²) in [6.45, 7) is 4.39. The molecule has 1 aliphatic heterocycles. The Balaban J connectivity index is 1.82. The second-order valence-corrected chi connectivity index (χ2v) is 6.87. The molecule has 0 spiro atoms. The van der Waals surface area contributed by atoms with Gasteiger partial charge in [-0.2, -0.15) is 0 Å². The van der Waals surface area contributed by atoms with Crippen molar-refractivity contribution in [1.82, 2.24) is 0 Å². The lowest BCUT2D eigenvalue weighted by Crippen LogP contribution is -2.16. The van der Waals surface area contributed by atoms with Gasteiger partial charge in [-0.05, 0) is 41.7 Å². The highest BCUT2D eigenvalue weighted by Crippen LogP contribution is 2.39. The number of benzene rings is 2. The molecule has 0 saturated heterocycles. The first kappa shape index (κ1) is 14.5. The first-order valence-electron chi connectivity index (χ1n) is 7.43. The number of hydrogen-bond donors (Lipinski definition) is 1. The van der Waals surface area contributed by atoms with Crippen LogP contribution in [0.3, 0.4) is 0 Å². The number of nitrogens with one attached hydrogen (secondary N) is 1. The molecule has 21 heavy (non-hydrogen) atoms. The van der Waals surface area contributed by atoms with Gasteiger partial charge in [-0.15, -0.1) is 11.8 Å². The molecule has 1 N–H and O–H groups in total. The lowest BCUT2D eigenvalue weighted by atomic mass is 10.0. The van der Waals surface area contributed by atoms with Crippen LogP contribution in [0.1, 0.15) is 43.4 Å². The first-order valence-corrected chi connectivity index (χ1v) is 8.41. The molecule has 0 aliphatic carbocycles. The van der Waals surface area contributed by atoms with Crippen LogP contribution in [0.2, 0.25) is 0 Å². The second kappa shape index (κ2) is 6.10. The Hall–Kier alpha value is -1.48. The first-order chi connectivity index (χ1) is 10.1. The molecule has 110 valence electrons. The second-order valence-electron chi connectivity index (χ2n) is 5.77. The molecule has 2 aromatic rings. The molecule has 0 radical (unpaired) electrons. The average Bonchev–Trinajstić information content (AvgIpc) is 2.49. The van der Waals surface area contributed by atoms with E-state index in [1.54, 1.807) is 23.9 Å². The summed E-state index contributed by atoms with van der Waals surface area (Å²) < 4.78 is 13.9. The molecule has 3 heteroatoms. The zero-order chi connectivity index (χ0) is 14.8. The number of thioether (sulfide) groups is 1. The molecule has 0 saturated carbocycles. The van der Waals surface area contributed by atoms with Crippen molar-refractivity contribution in [3.8, 4) is 0 Å². The van der Waals surface area contributed by atoms with Crippen LogP contribution in [0.25, 0.3) is 0 Å². The Morgan fingerprint density at radius 2 is 1.90 bits per heavy atom. The monoisotopic (exact) mass is 301 g/mol. The maximum Gasteiger partial charge on any atom is 0.137 e. The van der Waals surface area contributed by atoms with Crippen LogP contribution in [0, 0.1) is 5.82 Å². The van der Waals surface area contributed by atoms with E-state index < -0.39 is 0 Å². The Bertz CT molecular complexity index is 622. The minimum atomic E-state index is -0.0980. The van der Waals surface area contributed by atoms with Gasteiger partial charge in [-0.25, -0.2) is 4.39 Å². The summed E-state index contributed by atoms with van der Waals surface area (Å²) in [5, 5.41) is 3.55. The van der Waals surface area contributed by atoms with Crippen molar-refractivity contribution in [1.29, 1.82) is 0 Å². The highest BCUT2D eigenvalue weighted by atomic mass is 32.2. The van der Waals surface area contributed by atoms with Gasteiger partial charge in [-0.3, -0.25) is 0 Å². The third kappa shape index (κ3) is 3.08. The summed E-state index contributed by atoms with van der Waals surface area (Å²) in [6.07, 6.45) is 1.02. The maximum atomic E-state index is 13.9. The molecule has 1 unspecified atom stereocenters. The topological polar surface area (TPSA) is 12.0 Å². The Morgan fingerprint density at radius 1 is 1.14 bits per heavy atom. The summed E-state index contributed by atoms with van der Waals surface area (Å²) in [5.41, 5.74) is 3.52. The molecule has 2 aromatic carbocycles. The third-order valence-electron chi connectivity index (χ3n) is 3.94. The fraction of sp³-hybridized carbons (Fsp3) is 0.333. The predicted octanol–water partition coefficient (Wildman–Crippen LogP) is 5.60. The zero-order valence-corrected chi connectivity index (χ0v) is 13.2. The third-order valence-corrected chi connectivity index (χ3v) is 5.10. The molecule has 3 rings (SSSR count). The van der Waals surface area contributed by atoms with E-state index in [1.165, 1.54) is 5.56 Å². The van der Waals surface area contributed by atoms with Crippen molar-refractivity contribution >= 4 is 17.4 Å². The molecule has 1 aliphatic rings. The minimum absolute atomic E-state index is 0.0980. The van der Waals surface area contributed by atoms with Gasteiger partial charge in [0.05, 0.1) is 6.04 Å². The van der Waals surface area contributed by atoms with Crippen molar-refractivity contribution in [3.05, 3.63) is 59.4 Å². The van der Waals surface area contributed by atoms with Crippen LogP contribution < -0.4 is 5.32 Å². The van der Waals surface area contributed by atoms with Gasteiger partial charge in [-0.1, -0.05) is 38.1 Å². The van der Waals surface area contributed by atoms with Crippen LogP contribution in [0.4, 0.5) is 10.1 Å². The maximum absolute atomic E-state index is 13.9. The van der Waals surface area contributed by atoms with Crippen molar-refractivity contribution in [2.75, 3.05) is 11.1 Å². The molecule has 1 nitrogen and oxygen atoms in total. The number of hydrogen-bond acceptors (Lipinski definition) is 2. The molecule has 1 heterocycles. The van der Waals surface area contributed by atoms with Gasteiger partial charge >= 0.3 is 0 Å². The minimum Gasteiger partial charge on any atom is -0.378 e. The highest BCUT2D eigenvalue weighted by molar-refractivity contribution is 7.99. The van der Waals surface area contributed by atoms with Crippen LogP contribution >= 0.6 is 11.8 Å². The molecular weight excluding hydrogens is 281 g/mol. The van der Waals surface area contributed by atoms with E-state index in [4.69, 9.17) is 0 Å². The highest BCUT2D eigenvalue weighted by Gasteiger charge is 2.22. The summed E-state index contributed by atoms with van der Waals surface area (Å²) in [7, 11) is 0. The fourth-order valence-electron chi connectivity index (χ4n) is 2.70. The lowest BCUT2D eigenvalue weighted by Gasteiger charge is -2.27. The van der Waals surface area contributed by atoms with E-state index in [-0.39, 0.29) is 11.9 Å². The summed E-state index contributed by atoms with van der Waals surface area (Å²) in [6, 6.07) is 14.1. The number of anilines is 1. The number of fused-ring (bicyclic) bond motifs is 1. The SMILES string of the molecule is CC(C)c1ccc(NC2CCSc3c(F)cccc32)cc1. The Labute approximate surface area is 130 Å². The summed E-state index contributed by atoms with van der Waals surface area (Å²) >= 11 is 1.62. The average molecular weight is 301 g/mol. The van der Waals surface area contributed by atoms with Gasteiger partial charge in [0, 0.05) is 16.3 Å². The standard InChI is InChI=1S/C18H20FNS/c1-12(2)13-6-8-14(9-7-13)20-17-10-11-21-18-15(17)4-3-5-16(18)19/h3-9,12,17,20H,10-11H2,1-2H3. The van der Waals surface area contributed by atoms with E-state index in [1.807, 2.05) is 6.07 Å². The van der Waals surface area contributed by atoms with Crippen molar-refractivity contribution in [2.24, 2.45) is 0 Å². The van der Waals surface area contributed by atoms with Gasteiger partial charge in [0.2, 0.25) is 0 Å². The fourth-order valence-corrected chi connectivity index (χ4v) is 3.84. The smallest absolute Gasteiger partial charge is 0.137 e. The van der Waals surface area contributed by atoms with Gasteiger partial charge < -0.3 is 5.32 Å². The van der Waals surface area contributed by atoms with Crippen LogP contribution in [-0.2, 0) is 0 Å². The number of rotatable bonds is 3. The molecular formula is C18H20FNS. The lowest BCUT2D eigenvalue weighted by molar-refractivity contribution is 0.585. The van der Waals surface area contributed by atoms with E-state index in [0.717, 1.165) is 28.3 Å². The van der Waals surface area contributed by atoms with Crippen LogP contribution in [-0.4, -0.2) is 5.75 Å².